The van der Waals surface area contributed by atoms with E-state index < -0.39 is 5.60 Å². The van der Waals surface area contributed by atoms with Gasteiger partial charge in [-0.05, 0) is 46.5 Å². The van der Waals surface area contributed by atoms with Gasteiger partial charge in [0.15, 0.2) is 0 Å². The van der Waals surface area contributed by atoms with E-state index >= 15 is 0 Å². The van der Waals surface area contributed by atoms with Crippen LogP contribution < -0.4 is 0 Å². The molecule has 1 aliphatic rings. The second-order valence-electron chi connectivity index (χ2n) is 6.28. The summed E-state index contributed by atoms with van der Waals surface area (Å²) in [5, 5.41) is 0. The molecule has 19 heavy (non-hydrogen) atoms. The number of aldehydes is 1. The highest BCUT2D eigenvalue weighted by Gasteiger charge is 2.33. The van der Waals surface area contributed by atoms with Crippen molar-refractivity contribution in [2.45, 2.75) is 71.4 Å². The van der Waals surface area contributed by atoms with Crippen LogP contribution in [0.3, 0.4) is 0 Å². The van der Waals surface area contributed by atoms with Crippen molar-refractivity contribution >= 4 is 12.4 Å². The van der Waals surface area contributed by atoms with Gasteiger partial charge >= 0.3 is 6.09 Å². The zero-order valence-electron chi connectivity index (χ0n) is 12.6. The molecule has 1 unspecified atom stereocenters. The van der Waals surface area contributed by atoms with Gasteiger partial charge in [-0.25, -0.2) is 4.79 Å². The molecule has 0 bridgehead atoms. The number of hydrogen-bond donors (Lipinski definition) is 0. The molecule has 0 aromatic carbocycles. The van der Waals surface area contributed by atoms with Gasteiger partial charge < -0.3 is 14.4 Å². The molecule has 1 fully saturated rings. The molecule has 1 amide bonds. The number of rotatable bonds is 5. The zero-order chi connectivity index (χ0) is 14.5. The minimum Gasteiger partial charge on any atom is -0.444 e. The summed E-state index contributed by atoms with van der Waals surface area (Å²) in [6.45, 7) is 8.12. The molecule has 0 aliphatic heterocycles. The maximum absolute atomic E-state index is 12.3. The van der Waals surface area contributed by atoms with Gasteiger partial charge in [0.25, 0.3) is 0 Å². The van der Waals surface area contributed by atoms with E-state index in [1.54, 1.807) is 4.90 Å². The maximum atomic E-state index is 12.3. The molecule has 0 heterocycles. The summed E-state index contributed by atoms with van der Waals surface area (Å²) in [5.41, 5.74) is -0.494. The van der Waals surface area contributed by atoms with Crippen LogP contribution in [0.1, 0.15) is 59.8 Å². The molecular formula is C15H27NO3. The third-order valence-electron chi connectivity index (χ3n) is 3.65. The van der Waals surface area contributed by atoms with Crippen molar-refractivity contribution in [2.24, 2.45) is 5.92 Å². The van der Waals surface area contributed by atoms with Crippen LogP contribution in [-0.4, -0.2) is 35.5 Å². The van der Waals surface area contributed by atoms with Gasteiger partial charge in [0, 0.05) is 19.0 Å². The molecule has 110 valence electrons. The van der Waals surface area contributed by atoms with Gasteiger partial charge in [-0.1, -0.05) is 12.8 Å². The number of hydrogen-bond acceptors (Lipinski definition) is 3. The summed E-state index contributed by atoms with van der Waals surface area (Å²) in [6, 6.07) is -0.000139. The minimum absolute atomic E-state index is 0.000139. The van der Waals surface area contributed by atoms with Crippen molar-refractivity contribution in [3.63, 3.8) is 0 Å². The fourth-order valence-corrected chi connectivity index (χ4v) is 2.83. The smallest absolute Gasteiger partial charge is 0.410 e. The number of nitrogens with zero attached hydrogens (tertiary/aromatic N) is 1. The number of amides is 1. The molecule has 1 atom stereocenters. The predicted molar refractivity (Wildman–Crippen MR) is 75.0 cm³/mol. The lowest BCUT2D eigenvalue weighted by atomic mass is 9.94. The number of ether oxygens (including phenoxy) is 1. The predicted octanol–water partition coefficient (Wildman–Crippen LogP) is 3.39. The minimum atomic E-state index is -0.494. The molecule has 0 spiro atoms. The van der Waals surface area contributed by atoms with Crippen LogP contribution in [0.4, 0.5) is 4.79 Å². The average Bonchev–Trinajstić information content (AvgIpc) is 2.79. The Kier molecular flexibility index (Phi) is 5.83. The van der Waals surface area contributed by atoms with Gasteiger partial charge in [-0.3, -0.25) is 0 Å². The van der Waals surface area contributed by atoms with Crippen molar-refractivity contribution in [2.75, 3.05) is 6.54 Å². The molecular weight excluding hydrogens is 242 g/mol. The first-order valence-electron chi connectivity index (χ1n) is 7.32. The van der Waals surface area contributed by atoms with E-state index in [2.05, 4.69) is 0 Å². The van der Waals surface area contributed by atoms with Gasteiger partial charge in [-0.15, -0.1) is 0 Å². The summed E-state index contributed by atoms with van der Waals surface area (Å²) in [4.78, 5) is 24.9. The van der Waals surface area contributed by atoms with E-state index in [1.165, 1.54) is 12.8 Å². The first-order valence-corrected chi connectivity index (χ1v) is 7.32. The van der Waals surface area contributed by atoms with E-state index in [-0.39, 0.29) is 12.1 Å². The summed E-state index contributed by atoms with van der Waals surface area (Å²) in [5.74, 6) is 0.442. The van der Waals surface area contributed by atoms with Crippen molar-refractivity contribution in [3.8, 4) is 0 Å². The van der Waals surface area contributed by atoms with Crippen molar-refractivity contribution in [1.29, 1.82) is 0 Å². The molecule has 0 saturated heterocycles. The van der Waals surface area contributed by atoms with E-state index in [0.717, 1.165) is 19.1 Å². The Bertz CT molecular complexity index is 303. The fourth-order valence-electron chi connectivity index (χ4n) is 2.83. The molecule has 4 nitrogen and oxygen atoms in total. The van der Waals surface area contributed by atoms with Crippen molar-refractivity contribution in [3.05, 3.63) is 0 Å². The maximum Gasteiger partial charge on any atom is 0.410 e. The molecule has 0 aromatic heterocycles. The summed E-state index contributed by atoms with van der Waals surface area (Å²) < 4.78 is 5.45. The molecule has 1 rings (SSSR count). The lowest BCUT2D eigenvalue weighted by Gasteiger charge is -2.35. The molecule has 0 aromatic rings. The summed E-state index contributed by atoms with van der Waals surface area (Å²) >= 11 is 0. The molecule has 0 radical (unpaired) electrons. The first kappa shape index (κ1) is 16.0. The lowest BCUT2D eigenvalue weighted by Crippen LogP contribution is -2.46. The first-order chi connectivity index (χ1) is 8.89. The molecule has 0 N–H and O–H groups in total. The highest BCUT2D eigenvalue weighted by molar-refractivity contribution is 5.69. The van der Waals surface area contributed by atoms with E-state index in [4.69, 9.17) is 4.74 Å². The van der Waals surface area contributed by atoms with Crippen LogP contribution in [0.2, 0.25) is 0 Å². The Balaban J connectivity index is 2.77. The van der Waals surface area contributed by atoms with Gasteiger partial charge in [0.1, 0.15) is 11.9 Å². The van der Waals surface area contributed by atoms with Crippen LogP contribution in [0.15, 0.2) is 0 Å². The Labute approximate surface area is 116 Å². The Hall–Kier alpha value is -1.06. The highest BCUT2D eigenvalue weighted by atomic mass is 16.6. The van der Waals surface area contributed by atoms with E-state index in [0.29, 0.717) is 18.9 Å². The monoisotopic (exact) mass is 269 g/mol. The Morgan fingerprint density at radius 2 is 1.95 bits per heavy atom. The van der Waals surface area contributed by atoms with E-state index in [9.17, 15) is 9.59 Å². The van der Waals surface area contributed by atoms with Gasteiger partial charge in [0.05, 0.1) is 0 Å². The third kappa shape index (κ3) is 4.84. The highest BCUT2D eigenvalue weighted by Crippen LogP contribution is 2.32. The number of carbonyl (C=O) groups excluding carboxylic acids is 2. The van der Waals surface area contributed by atoms with Gasteiger partial charge in [0.2, 0.25) is 0 Å². The molecule has 1 aliphatic carbocycles. The van der Waals surface area contributed by atoms with Crippen molar-refractivity contribution < 1.29 is 14.3 Å². The van der Waals surface area contributed by atoms with Gasteiger partial charge in [-0.2, -0.15) is 0 Å². The van der Waals surface area contributed by atoms with Crippen LogP contribution in [-0.2, 0) is 9.53 Å². The van der Waals surface area contributed by atoms with Crippen LogP contribution in [0.5, 0.6) is 0 Å². The number of carbonyl (C=O) groups is 2. The van der Waals surface area contributed by atoms with Crippen LogP contribution in [0.25, 0.3) is 0 Å². The quantitative estimate of drug-likeness (QED) is 0.719. The summed E-state index contributed by atoms with van der Waals surface area (Å²) in [7, 11) is 0. The second-order valence-corrected chi connectivity index (χ2v) is 6.28. The Morgan fingerprint density at radius 1 is 1.37 bits per heavy atom. The average molecular weight is 269 g/mol. The topological polar surface area (TPSA) is 46.6 Å². The van der Waals surface area contributed by atoms with Crippen molar-refractivity contribution in [1.82, 2.24) is 4.90 Å². The zero-order valence-corrected chi connectivity index (χ0v) is 12.6. The SMILES string of the molecule is CCN(C(=O)OC(C)(C)C)C(CC=O)C1CCCC1. The lowest BCUT2D eigenvalue weighted by molar-refractivity contribution is -0.109. The summed E-state index contributed by atoms with van der Waals surface area (Å²) in [6.07, 6.45) is 5.66. The second kappa shape index (κ2) is 6.92. The standard InChI is InChI=1S/C15H27NO3/c1-5-16(14(18)19-15(2,3)4)13(10-11-17)12-8-6-7-9-12/h11-13H,5-10H2,1-4H3. The van der Waals surface area contributed by atoms with Crippen LogP contribution in [0, 0.1) is 5.92 Å². The third-order valence-corrected chi connectivity index (χ3v) is 3.65. The normalized spacial score (nSPS) is 18.1. The molecule has 1 saturated carbocycles. The van der Waals surface area contributed by atoms with Crippen LogP contribution >= 0.6 is 0 Å². The fraction of sp³-hybridized carbons (Fsp3) is 0.867. The largest absolute Gasteiger partial charge is 0.444 e. The van der Waals surface area contributed by atoms with E-state index in [1.807, 2.05) is 27.7 Å². The molecule has 4 heteroatoms. The Morgan fingerprint density at radius 3 is 2.37 bits per heavy atom.